The summed E-state index contributed by atoms with van der Waals surface area (Å²) in [5, 5.41) is 0.708. The van der Waals surface area contributed by atoms with Gasteiger partial charge in [0, 0.05) is 15.1 Å². The molecule has 0 unspecified atom stereocenters. The van der Waals surface area contributed by atoms with Crippen molar-refractivity contribution in [2.24, 2.45) is 0 Å². The molecule has 0 aliphatic carbocycles. The lowest BCUT2D eigenvalue weighted by Gasteiger charge is -2.09. The van der Waals surface area contributed by atoms with E-state index in [1.165, 1.54) is 6.07 Å². The molecule has 0 aromatic heterocycles. The average Bonchev–Trinajstić information content (AvgIpc) is 2.94. The third kappa shape index (κ3) is 3.16. The third-order valence-electron chi connectivity index (χ3n) is 3.05. The molecule has 0 saturated carbocycles. The summed E-state index contributed by atoms with van der Waals surface area (Å²) >= 11 is 15.2. The molecule has 1 aliphatic heterocycles. The van der Waals surface area contributed by atoms with Gasteiger partial charge in [0.2, 0.25) is 6.79 Å². The predicted molar refractivity (Wildman–Crippen MR) is 85.8 cm³/mol. The van der Waals surface area contributed by atoms with Crippen LogP contribution in [0.25, 0.3) is 0 Å². The van der Waals surface area contributed by atoms with E-state index in [4.69, 9.17) is 37.4 Å². The quantitative estimate of drug-likeness (QED) is 0.687. The molecular weight excluding hydrogens is 395 g/mol. The minimum absolute atomic E-state index is 0.0684. The number of benzene rings is 2. The lowest BCUT2D eigenvalue weighted by molar-refractivity contribution is 0.0472. The van der Waals surface area contributed by atoms with Crippen LogP contribution in [0.15, 0.2) is 34.8 Å². The Morgan fingerprint density at radius 2 is 1.91 bits per heavy atom. The zero-order valence-corrected chi connectivity index (χ0v) is 14.2. The Hall–Kier alpha value is -1.43. The first-order valence-electron chi connectivity index (χ1n) is 6.25. The molecule has 0 spiro atoms. The van der Waals surface area contributed by atoms with Crippen LogP contribution in [0.4, 0.5) is 0 Å². The smallest absolute Gasteiger partial charge is 0.340 e. The number of halogens is 3. The third-order valence-corrected chi connectivity index (χ3v) is 4.35. The zero-order chi connectivity index (χ0) is 15.7. The van der Waals surface area contributed by atoms with Crippen molar-refractivity contribution in [2.45, 2.75) is 6.61 Å². The Labute approximate surface area is 145 Å². The first-order valence-corrected chi connectivity index (χ1v) is 7.79. The summed E-state index contributed by atoms with van der Waals surface area (Å²) in [6, 6.07) is 8.17. The summed E-state index contributed by atoms with van der Waals surface area (Å²) in [5.41, 5.74) is 0.988. The largest absolute Gasteiger partial charge is 0.457 e. The van der Waals surface area contributed by atoms with Crippen LogP contribution in [0.3, 0.4) is 0 Å². The van der Waals surface area contributed by atoms with E-state index in [-0.39, 0.29) is 19.0 Å². The van der Waals surface area contributed by atoms with Crippen molar-refractivity contribution in [1.29, 1.82) is 0 Å². The van der Waals surface area contributed by atoms with Crippen LogP contribution in [-0.4, -0.2) is 12.8 Å². The maximum Gasteiger partial charge on any atom is 0.340 e. The van der Waals surface area contributed by atoms with Gasteiger partial charge in [-0.1, -0.05) is 39.1 Å². The summed E-state index contributed by atoms with van der Waals surface area (Å²) in [5.74, 6) is 0.729. The highest BCUT2D eigenvalue weighted by molar-refractivity contribution is 9.10. The topological polar surface area (TPSA) is 44.8 Å². The van der Waals surface area contributed by atoms with Gasteiger partial charge in [0.15, 0.2) is 11.5 Å². The Balaban J connectivity index is 1.75. The van der Waals surface area contributed by atoms with E-state index in [2.05, 4.69) is 15.9 Å². The van der Waals surface area contributed by atoms with Crippen LogP contribution in [-0.2, 0) is 11.3 Å². The Morgan fingerprint density at radius 1 is 1.18 bits per heavy atom. The molecule has 0 saturated heterocycles. The molecular formula is C15H9BrCl2O4. The molecule has 0 atom stereocenters. The van der Waals surface area contributed by atoms with Crippen LogP contribution in [0.1, 0.15) is 15.9 Å². The van der Waals surface area contributed by atoms with Crippen molar-refractivity contribution in [3.63, 3.8) is 0 Å². The normalized spacial score (nSPS) is 12.3. The fourth-order valence-electron chi connectivity index (χ4n) is 1.94. The first-order chi connectivity index (χ1) is 10.5. The van der Waals surface area contributed by atoms with Crippen molar-refractivity contribution in [1.82, 2.24) is 0 Å². The van der Waals surface area contributed by atoms with Crippen molar-refractivity contribution in [2.75, 3.05) is 6.79 Å². The van der Waals surface area contributed by atoms with Gasteiger partial charge in [-0.15, -0.1) is 0 Å². The molecule has 0 amide bonds. The lowest BCUT2D eigenvalue weighted by atomic mass is 10.2. The number of ether oxygens (including phenoxy) is 3. The monoisotopic (exact) mass is 402 g/mol. The van der Waals surface area contributed by atoms with E-state index >= 15 is 0 Å². The summed E-state index contributed by atoms with van der Waals surface area (Å²) < 4.78 is 16.6. The SMILES string of the molecule is O=C(OCc1cc2c(cc1Br)OCO2)c1cc(Cl)ccc1Cl. The first kappa shape index (κ1) is 15.5. The second kappa shape index (κ2) is 6.36. The Bertz CT molecular complexity index is 749. The second-order valence-electron chi connectivity index (χ2n) is 4.50. The van der Waals surface area contributed by atoms with Gasteiger partial charge in [0.1, 0.15) is 6.61 Å². The molecule has 3 rings (SSSR count). The zero-order valence-electron chi connectivity index (χ0n) is 11.1. The molecule has 2 aromatic carbocycles. The molecule has 0 N–H and O–H groups in total. The van der Waals surface area contributed by atoms with E-state index in [0.29, 0.717) is 21.5 Å². The summed E-state index contributed by atoms with van der Waals surface area (Å²) in [6.45, 7) is 0.252. The molecule has 22 heavy (non-hydrogen) atoms. The van der Waals surface area contributed by atoms with Gasteiger partial charge in [-0.3, -0.25) is 0 Å². The Morgan fingerprint density at radius 3 is 2.68 bits per heavy atom. The number of esters is 1. The van der Waals surface area contributed by atoms with Gasteiger partial charge < -0.3 is 14.2 Å². The Kier molecular flexibility index (Phi) is 4.47. The van der Waals surface area contributed by atoms with E-state index < -0.39 is 5.97 Å². The number of rotatable bonds is 3. The van der Waals surface area contributed by atoms with E-state index in [0.717, 1.165) is 10.0 Å². The minimum Gasteiger partial charge on any atom is -0.457 e. The van der Waals surface area contributed by atoms with Crippen molar-refractivity contribution < 1.29 is 19.0 Å². The summed E-state index contributed by atoms with van der Waals surface area (Å²) in [6.07, 6.45) is 0. The highest BCUT2D eigenvalue weighted by atomic mass is 79.9. The van der Waals surface area contributed by atoms with Crippen molar-refractivity contribution in [3.05, 3.63) is 56.0 Å². The lowest BCUT2D eigenvalue weighted by Crippen LogP contribution is -2.06. The number of hydrogen-bond acceptors (Lipinski definition) is 4. The summed E-state index contributed by atoms with van der Waals surface area (Å²) in [7, 11) is 0. The fourth-order valence-corrected chi connectivity index (χ4v) is 2.75. The minimum atomic E-state index is -0.544. The van der Waals surface area contributed by atoms with E-state index in [9.17, 15) is 4.79 Å². The molecule has 0 bridgehead atoms. The number of fused-ring (bicyclic) bond motifs is 1. The van der Waals surface area contributed by atoms with Crippen LogP contribution in [0.2, 0.25) is 10.0 Å². The highest BCUT2D eigenvalue weighted by Crippen LogP contribution is 2.37. The highest BCUT2D eigenvalue weighted by Gasteiger charge is 2.18. The maximum absolute atomic E-state index is 12.1. The molecule has 1 heterocycles. The molecule has 114 valence electrons. The van der Waals surface area contributed by atoms with Crippen LogP contribution >= 0.6 is 39.1 Å². The second-order valence-corrected chi connectivity index (χ2v) is 6.20. The number of carbonyl (C=O) groups is 1. The maximum atomic E-state index is 12.1. The van der Waals surface area contributed by atoms with Gasteiger partial charge in [-0.25, -0.2) is 4.79 Å². The van der Waals surface area contributed by atoms with Crippen LogP contribution in [0, 0.1) is 0 Å². The molecule has 2 aromatic rings. The molecule has 7 heteroatoms. The van der Waals surface area contributed by atoms with Crippen LogP contribution < -0.4 is 9.47 Å². The number of carbonyl (C=O) groups excluding carboxylic acids is 1. The van der Waals surface area contributed by atoms with Gasteiger partial charge in [-0.05, 0) is 30.3 Å². The standard InChI is InChI=1S/C15H9BrCl2O4/c16-11-5-14-13(21-7-22-14)3-8(11)6-20-15(19)10-4-9(17)1-2-12(10)18/h1-5H,6-7H2. The van der Waals surface area contributed by atoms with Gasteiger partial charge in [0.05, 0.1) is 10.6 Å². The summed E-state index contributed by atoms with van der Waals surface area (Å²) in [4.78, 5) is 12.1. The van der Waals surface area contributed by atoms with E-state index in [1.54, 1.807) is 24.3 Å². The van der Waals surface area contributed by atoms with Crippen molar-refractivity contribution in [3.8, 4) is 11.5 Å². The molecule has 0 fully saturated rings. The molecule has 1 aliphatic rings. The molecule has 4 nitrogen and oxygen atoms in total. The van der Waals surface area contributed by atoms with Gasteiger partial charge in [-0.2, -0.15) is 0 Å². The van der Waals surface area contributed by atoms with Gasteiger partial charge in [0.25, 0.3) is 0 Å². The van der Waals surface area contributed by atoms with Crippen molar-refractivity contribution >= 4 is 45.1 Å². The average molecular weight is 404 g/mol. The number of hydrogen-bond donors (Lipinski definition) is 0. The fraction of sp³-hybridized carbons (Fsp3) is 0.133. The van der Waals surface area contributed by atoms with Gasteiger partial charge >= 0.3 is 5.97 Å². The predicted octanol–water partition coefficient (Wildman–Crippen LogP) is 4.84. The molecule has 0 radical (unpaired) electrons. The van der Waals surface area contributed by atoms with Crippen LogP contribution in [0.5, 0.6) is 11.5 Å². The van der Waals surface area contributed by atoms with E-state index in [1.807, 2.05) is 0 Å².